The minimum absolute atomic E-state index is 0.238. The highest BCUT2D eigenvalue weighted by atomic mass is 19.1. The first-order valence-electron chi connectivity index (χ1n) is 7.30. The SMILES string of the molecule is CCc1cc(CC)c(-c2cc(F)ccc2N)c(CC)c1. The van der Waals surface area contributed by atoms with E-state index in [2.05, 4.69) is 32.9 Å². The fourth-order valence-electron chi connectivity index (χ4n) is 2.69. The second-order valence-corrected chi connectivity index (χ2v) is 5.08. The molecule has 2 aromatic rings. The molecule has 20 heavy (non-hydrogen) atoms. The topological polar surface area (TPSA) is 26.0 Å². The normalized spacial score (nSPS) is 10.8. The van der Waals surface area contributed by atoms with Crippen LogP contribution in [0.15, 0.2) is 30.3 Å². The van der Waals surface area contributed by atoms with Crippen molar-refractivity contribution in [2.24, 2.45) is 0 Å². The highest BCUT2D eigenvalue weighted by Gasteiger charge is 2.14. The van der Waals surface area contributed by atoms with Crippen LogP contribution in [-0.2, 0) is 19.3 Å². The second kappa shape index (κ2) is 6.08. The highest BCUT2D eigenvalue weighted by molar-refractivity contribution is 5.81. The van der Waals surface area contributed by atoms with Gasteiger partial charge in [-0.1, -0.05) is 32.9 Å². The Hall–Kier alpha value is -1.83. The molecule has 1 nitrogen and oxygen atoms in total. The molecule has 0 saturated heterocycles. The molecule has 0 spiro atoms. The molecule has 0 aliphatic carbocycles. The quantitative estimate of drug-likeness (QED) is 0.797. The fraction of sp³-hybridized carbons (Fsp3) is 0.333. The Kier molecular flexibility index (Phi) is 4.43. The molecule has 0 aromatic heterocycles. The number of nitrogens with two attached hydrogens (primary N) is 1. The summed E-state index contributed by atoms with van der Waals surface area (Å²) in [6.07, 6.45) is 2.86. The summed E-state index contributed by atoms with van der Waals surface area (Å²) in [4.78, 5) is 0. The van der Waals surface area contributed by atoms with Crippen LogP contribution in [0.1, 0.15) is 37.5 Å². The average molecular weight is 271 g/mol. The van der Waals surface area contributed by atoms with E-state index in [4.69, 9.17) is 5.73 Å². The van der Waals surface area contributed by atoms with Gasteiger partial charge in [-0.25, -0.2) is 4.39 Å². The largest absolute Gasteiger partial charge is 0.398 e. The van der Waals surface area contributed by atoms with Crippen molar-refractivity contribution in [1.82, 2.24) is 0 Å². The van der Waals surface area contributed by atoms with Gasteiger partial charge in [0.1, 0.15) is 5.82 Å². The lowest BCUT2D eigenvalue weighted by Gasteiger charge is -2.17. The van der Waals surface area contributed by atoms with Crippen molar-refractivity contribution in [1.29, 1.82) is 0 Å². The van der Waals surface area contributed by atoms with E-state index in [0.717, 1.165) is 30.4 Å². The van der Waals surface area contributed by atoms with Gasteiger partial charge >= 0.3 is 0 Å². The van der Waals surface area contributed by atoms with E-state index >= 15 is 0 Å². The van der Waals surface area contributed by atoms with Crippen molar-refractivity contribution < 1.29 is 4.39 Å². The third-order valence-electron chi connectivity index (χ3n) is 3.82. The first kappa shape index (κ1) is 14.6. The Balaban J connectivity index is 2.74. The smallest absolute Gasteiger partial charge is 0.123 e. The number of hydrogen-bond donors (Lipinski definition) is 1. The molecule has 0 saturated carbocycles. The van der Waals surface area contributed by atoms with Crippen LogP contribution in [0.25, 0.3) is 11.1 Å². The van der Waals surface area contributed by atoms with Gasteiger partial charge in [-0.05, 0) is 59.7 Å². The van der Waals surface area contributed by atoms with E-state index in [1.54, 1.807) is 12.1 Å². The average Bonchev–Trinajstić information content (AvgIpc) is 2.48. The van der Waals surface area contributed by atoms with Crippen LogP contribution in [0, 0.1) is 5.82 Å². The van der Waals surface area contributed by atoms with Gasteiger partial charge in [0, 0.05) is 11.3 Å². The van der Waals surface area contributed by atoms with Gasteiger partial charge in [0.15, 0.2) is 0 Å². The number of anilines is 1. The first-order chi connectivity index (χ1) is 9.60. The summed E-state index contributed by atoms with van der Waals surface area (Å²) < 4.78 is 13.6. The van der Waals surface area contributed by atoms with Crippen LogP contribution in [0.3, 0.4) is 0 Å². The molecule has 2 rings (SSSR count). The second-order valence-electron chi connectivity index (χ2n) is 5.08. The maximum absolute atomic E-state index is 13.6. The Morgan fingerprint density at radius 3 is 2.00 bits per heavy atom. The monoisotopic (exact) mass is 271 g/mol. The molecule has 0 radical (unpaired) electrons. The summed E-state index contributed by atoms with van der Waals surface area (Å²) in [6, 6.07) is 9.06. The number of aryl methyl sites for hydroxylation is 3. The summed E-state index contributed by atoms with van der Waals surface area (Å²) in [5.74, 6) is -0.238. The lowest BCUT2D eigenvalue weighted by atomic mass is 9.88. The molecular weight excluding hydrogens is 249 g/mol. The summed E-state index contributed by atoms with van der Waals surface area (Å²) in [5.41, 5.74) is 12.5. The van der Waals surface area contributed by atoms with E-state index < -0.39 is 0 Å². The van der Waals surface area contributed by atoms with E-state index in [1.165, 1.54) is 22.8 Å². The van der Waals surface area contributed by atoms with Crippen molar-refractivity contribution in [3.63, 3.8) is 0 Å². The number of halogens is 1. The third kappa shape index (κ3) is 2.69. The summed E-state index contributed by atoms with van der Waals surface area (Å²) in [7, 11) is 0. The molecule has 0 atom stereocenters. The zero-order valence-corrected chi connectivity index (χ0v) is 12.5. The molecule has 0 unspecified atom stereocenters. The summed E-state index contributed by atoms with van der Waals surface area (Å²) >= 11 is 0. The summed E-state index contributed by atoms with van der Waals surface area (Å²) in [6.45, 7) is 6.42. The van der Waals surface area contributed by atoms with Crippen molar-refractivity contribution in [2.75, 3.05) is 5.73 Å². The minimum Gasteiger partial charge on any atom is -0.398 e. The van der Waals surface area contributed by atoms with Crippen molar-refractivity contribution in [3.05, 3.63) is 52.8 Å². The molecule has 0 aliphatic rings. The van der Waals surface area contributed by atoms with Gasteiger partial charge in [-0.3, -0.25) is 0 Å². The van der Waals surface area contributed by atoms with E-state index in [0.29, 0.717) is 5.69 Å². The molecule has 0 heterocycles. The molecule has 0 bridgehead atoms. The predicted octanol–water partition coefficient (Wildman–Crippen LogP) is 4.76. The van der Waals surface area contributed by atoms with Crippen LogP contribution in [-0.4, -0.2) is 0 Å². The zero-order chi connectivity index (χ0) is 14.7. The fourth-order valence-corrected chi connectivity index (χ4v) is 2.69. The molecule has 0 fully saturated rings. The molecule has 0 amide bonds. The zero-order valence-electron chi connectivity index (χ0n) is 12.5. The van der Waals surface area contributed by atoms with Gasteiger partial charge in [0.25, 0.3) is 0 Å². The lowest BCUT2D eigenvalue weighted by Crippen LogP contribution is -2.00. The number of benzene rings is 2. The highest BCUT2D eigenvalue weighted by Crippen LogP contribution is 2.34. The van der Waals surface area contributed by atoms with Gasteiger partial charge in [0.05, 0.1) is 0 Å². The van der Waals surface area contributed by atoms with Crippen LogP contribution < -0.4 is 5.73 Å². The molecule has 2 N–H and O–H groups in total. The van der Waals surface area contributed by atoms with Gasteiger partial charge in [-0.15, -0.1) is 0 Å². The molecule has 2 aromatic carbocycles. The first-order valence-corrected chi connectivity index (χ1v) is 7.30. The summed E-state index contributed by atoms with van der Waals surface area (Å²) in [5, 5.41) is 0. The Labute approximate surface area is 120 Å². The van der Waals surface area contributed by atoms with Gasteiger partial charge in [-0.2, -0.15) is 0 Å². The Bertz CT molecular complexity index is 592. The van der Waals surface area contributed by atoms with Crippen LogP contribution in [0.5, 0.6) is 0 Å². The number of hydrogen-bond acceptors (Lipinski definition) is 1. The molecule has 2 heteroatoms. The minimum atomic E-state index is -0.238. The van der Waals surface area contributed by atoms with Crippen molar-refractivity contribution in [3.8, 4) is 11.1 Å². The van der Waals surface area contributed by atoms with Crippen LogP contribution in [0.2, 0.25) is 0 Å². The Morgan fingerprint density at radius 1 is 0.900 bits per heavy atom. The number of nitrogen functional groups attached to an aromatic ring is 1. The van der Waals surface area contributed by atoms with Gasteiger partial charge < -0.3 is 5.73 Å². The maximum atomic E-state index is 13.6. The molecule has 106 valence electrons. The molecule has 0 aliphatic heterocycles. The Morgan fingerprint density at radius 2 is 1.50 bits per heavy atom. The van der Waals surface area contributed by atoms with Crippen LogP contribution in [0.4, 0.5) is 10.1 Å². The maximum Gasteiger partial charge on any atom is 0.123 e. The van der Waals surface area contributed by atoms with E-state index in [9.17, 15) is 4.39 Å². The van der Waals surface area contributed by atoms with E-state index in [-0.39, 0.29) is 5.82 Å². The van der Waals surface area contributed by atoms with Crippen LogP contribution >= 0.6 is 0 Å². The lowest BCUT2D eigenvalue weighted by molar-refractivity contribution is 0.628. The molecular formula is C18H22FN. The predicted molar refractivity (Wildman–Crippen MR) is 84.4 cm³/mol. The number of rotatable bonds is 4. The third-order valence-corrected chi connectivity index (χ3v) is 3.82. The standard InChI is InChI=1S/C18H22FN/c1-4-12-9-13(5-2)18(14(6-3)10-12)16-11-15(19)7-8-17(16)20/h7-11H,4-6,20H2,1-3H3. The van der Waals surface area contributed by atoms with Crippen molar-refractivity contribution >= 4 is 5.69 Å². The van der Waals surface area contributed by atoms with Crippen molar-refractivity contribution in [2.45, 2.75) is 40.0 Å². The van der Waals surface area contributed by atoms with Gasteiger partial charge in [0.2, 0.25) is 0 Å². The van der Waals surface area contributed by atoms with E-state index in [1.807, 2.05) is 0 Å².